The normalized spacial score (nSPS) is 12.7. The quantitative estimate of drug-likeness (QED) is 0.327. The predicted molar refractivity (Wildman–Crippen MR) is 112 cm³/mol. The van der Waals surface area contributed by atoms with Crippen molar-refractivity contribution in [2.45, 2.75) is 39.2 Å². The van der Waals surface area contributed by atoms with Gasteiger partial charge in [-0.05, 0) is 35.7 Å². The lowest BCUT2D eigenvalue weighted by atomic mass is 10.0. The van der Waals surface area contributed by atoms with E-state index in [0.29, 0.717) is 0 Å². The van der Waals surface area contributed by atoms with Gasteiger partial charge in [-0.3, -0.25) is 4.79 Å². The second-order valence-electron chi connectivity index (χ2n) is 7.52. The summed E-state index contributed by atoms with van der Waals surface area (Å²) in [5.74, 6) is 0.158. The molecular weight excluding hydrogens is 330 g/mol. The predicted octanol–water partition coefficient (Wildman–Crippen LogP) is 6.59. The van der Waals surface area contributed by atoms with Crippen molar-refractivity contribution in [2.75, 3.05) is 0 Å². The molecule has 0 fully saturated rings. The summed E-state index contributed by atoms with van der Waals surface area (Å²) in [6.07, 6.45) is 4.94. The third-order valence-electron chi connectivity index (χ3n) is 5.85. The Kier molecular flexibility index (Phi) is 3.86. The molecule has 27 heavy (non-hydrogen) atoms. The molecule has 0 radical (unpaired) electrons. The van der Waals surface area contributed by atoms with Crippen LogP contribution in [-0.4, -0.2) is 10.4 Å². The van der Waals surface area contributed by atoms with Crippen molar-refractivity contribution in [3.8, 4) is 11.1 Å². The molecule has 0 saturated carbocycles. The summed E-state index contributed by atoms with van der Waals surface area (Å²) in [6.45, 7) is 3.25. The number of unbranched alkanes of at least 4 members (excludes halogenated alkanes) is 3. The molecule has 0 N–H and O–H groups in total. The van der Waals surface area contributed by atoms with E-state index in [1.165, 1.54) is 47.5 Å². The summed E-state index contributed by atoms with van der Waals surface area (Å²) in [7, 11) is 0. The van der Waals surface area contributed by atoms with Crippen LogP contribution in [-0.2, 0) is 6.54 Å². The van der Waals surface area contributed by atoms with Crippen molar-refractivity contribution in [1.29, 1.82) is 0 Å². The van der Waals surface area contributed by atoms with Crippen molar-refractivity contribution in [3.63, 3.8) is 0 Å². The average Bonchev–Trinajstić information content (AvgIpc) is 3.17. The molecule has 0 unspecified atom stereocenters. The average molecular weight is 353 g/mol. The van der Waals surface area contributed by atoms with Gasteiger partial charge in [0, 0.05) is 39.5 Å². The van der Waals surface area contributed by atoms with Gasteiger partial charge in [0.1, 0.15) is 0 Å². The molecule has 0 atom stereocenters. The number of benzene rings is 3. The van der Waals surface area contributed by atoms with E-state index in [-0.39, 0.29) is 5.78 Å². The molecule has 3 aromatic carbocycles. The second-order valence-corrected chi connectivity index (χ2v) is 7.52. The first-order valence-electron chi connectivity index (χ1n) is 9.98. The maximum Gasteiger partial charge on any atom is 0.194 e. The van der Waals surface area contributed by atoms with Crippen LogP contribution in [0.2, 0.25) is 0 Å². The summed E-state index contributed by atoms with van der Waals surface area (Å²) in [6, 6.07) is 21.0. The summed E-state index contributed by atoms with van der Waals surface area (Å²) < 4.78 is 2.41. The van der Waals surface area contributed by atoms with Crippen LogP contribution in [0.4, 0.5) is 0 Å². The molecule has 1 aliphatic rings. The first kappa shape index (κ1) is 16.3. The van der Waals surface area contributed by atoms with Gasteiger partial charge >= 0.3 is 0 Å². The monoisotopic (exact) mass is 353 g/mol. The lowest BCUT2D eigenvalue weighted by Crippen LogP contribution is -1.99. The molecule has 134 valence electrons. The first-order valence-corrected chi connectivity index (χ1v) is 9.98. The van der Waals surface area contributed by atoms with Crippen molar-refractivity contribution in [2.24, 2.45) is 0 Å². The van der Waals surface area contributed by atoms with E-state index in [0.717, 1.165) is 28.8 Å². The van der Waals surface area contributed by atoms with E-state index in [1.54, 1.807) is 0 Å². The second kappa shape index (κ2) is 6.38. The number of nitrogens with zero attached hydrogens (tertiary/aromatic N) is 1. The number of aromatic nitrogens is 1. The number of rotatable bonds is 5. The molecule has 0 aliphatic heterocycles. The maximum absolute atomic E-state index is 12.9. The largest absolute Gasteiger partial charge is 0.340 e. The molecule has 0 bridgehead atoms. The smallest absolute Gasteiger partial charge is 0.194 e. The Morgan fingerprint density at radius 3 is 2.33 bits per heavy atom. The van der Waals surface area contributed by atoms with E-state index in [1.807, 2.05) is 18.2 Å². The Morgan fingerprint density at radius 2 is 1.48 bits per heavy atom. The Bertz CT molecular complexity index is 1180. The fourth-order valence-electron chi connectivity index (χ4n) is 4.50. The van der Waals surface area contributed by atoms with E-state index < -0.39 is 0 Å². The third kappa shape index (κ3) is 2.43. The molecule has 1 aromatic heterocycles. The van der Waals surface area contributed by atoms with Crippen LogP contribution in [0.1, 0.15) is 48.5 Å². The van der Waals surface area contributed by atoms with Gasteiger partial charge in [-0.1, -0.05) is 68.7 Å². The van der Waals surface area contributed by atoms with Crippen molar-refractivity contribution in [1.82, 2.24) is 4.57 Å². The van der Waals surface area contributed by atoms with Gasteiger partial charge in [-0.15, -0.1) is 0 Å². The van der Waals surface area contributed by atoms with Crippen LogP contribution < -0.4 is 0 Å². The van der Waals surface area contributed by atoms with E-state index in [2.05, 4.69) is 54.0 Å². The number of para-hydroxylation sites is 1. The number of fused-ring (bicyclic) bond motifs is 6. The topological polar surface area (TPSA) is 22.0 Å². The van der Waals surface area contributed by atoms with Crippen LogP contribution in [0, 0.1) is 0 Å². The van der Waals surface area contributed by atoms with Crippen LogP contribution >= 0.6 is 0 Å². The minimum absolute atomic E-state index is 0.158. The number of carbonyl (C=O) groups excluding carboxylic acids is 1. The number of carbonyl (C=O) groups is 1. The van der Waals surface area contributed by atoms with Gasteiger partial charge in [-0.25, -0.2) is 0 Å². The van der Waals surface area contributed by atoms with E-state index in [9.17, 15) is 4.79 Å². The first-order chi connectivity index (χ1) is 13.3. The molecule has 0 saturated heterocycles. The van der Waals surface area contributed by atoms with Gasteiger partial charge in [0.15, 0.2) is 5.78 Å². The summed E-state index contributed by atoms with van der Waals surface area (Å²) in [4.78, 5) is 12.9. The number of hydrogen-bond donors (Lipinski definition) is 0. The summed E-state index contributed by atoms with van der Waals surface area (Å²) in [5, 5.41) is 2.53. The summed E-state index contributed by atoms with van der Waals surface area (Å²) in [5.41, 5.74) is 6.29. The maximum atomic E-state index is 12.9. The zero-order valence-corrected chi connectivity index (χ0v) is 15.7. The standard InChI is InChI=1S/C25H23NO/c1-2-3-4-9-14-26-23-13-8-7-11-18(23)21-15-20-17-10-5-6-12-19(17)25(27)22(20)16-24(21)26/h5-8,10-13,15-16H,2-4,9,14H2,1H3. The molecular formula is C25H23NO. The highest BCUT2D eigenvalue weighted by Gasteiger charge is 2.27. The van der Waals surface area contributed by atoms with Gasteiger partial charge in [-0.2, -0.15) is 0 Å². The number of aryl methyl sites for hydroxylation is 1. The number of ketones is 1. The molecule has 1 heterocycles. The van der Waals surface area contributed by atoms with Gasteiger partial charge in [0.2, 0.25) is 0 Å². The third-order valence-corrected chi connectivity index (χ3v) is 5.85. The van der Waals surface area contributed by atoms with Crippen LogP contribution in [0.15, 0.2) is 60.7 Å². The Labute approximate surface area is 159 Å². The van der Waals surface area contributed by atoms with Crippen LogP contribution in [0.25, 0.3) is 32.9 Å². The van der Waals surface area contributed by atoms with E-state index >= 15 is 0 Å². The lowest BCUT2D eigenvalue weighted by molar-refractivity contribution is 0.104. The van der Waals surface area contributed by atoms with E-state index in [4.69, 9.17) is 0 Å². The van der Waals surface area contributed by atoms with Crippen molar-refractivity contribution in [3.05, 3.63) is 71.8 Å². The fraction of sp³-hybridized carbons (Fsp3) is 0.240. The summed E-state index contributed by atoms with van der Waals surface area (Å²) >= 11 is 0. The highest BCUT2D eigenvalue weighted by Crippen LogP contribution is 2.41. The molecule has 5 rings (SSSR count). The molecule has 2 nitrogen and oxygen atoms in total. The SMILES string of the molecule is CCCCCCn1c2ccccc2c2cc3c(cc21)C(=O)c1ccccc1-3. The van der Waals surface area contributed by atoms with Gasteiger partial charge in [0.25, 0.3) is 0 Å². The highest BCUT2D eigenvalue weighted by atomic mass is 16.1. The Balaban J connectivity index is 1.73. The molecule has 1 aliphatic carbocycles. The van der Waals surface area contributed by atoms with Crippen molar-refractivity contribution >= 4 is 27.6 Å². The minimum Gasteiger partial charge on any atom is -0.340 e. The Hall–Kier alpha value is -2.87. The van der Waals surface area contributed by atoms with Gasteiger partial charge in [0.05, 0.1) is 0 Å². The molecule has 2 heteroatoms. The molecule has 0 amide bonds. The highest BCUT2D eigenvalue weighted by molar-refractivity contribution is 6.24. The fourth-order valence-corrected chi connectivity index (χ4v) is 4.50. The van der Waals surface area contributed by atoms with Crippen LogP contribution in [0.5, 0.6) is 0 Å². The lowest BCUT2D eigenvalue weighted by Gasteiger charge is -2.08. The van der Waals surface area contributed by atoms with Crippen LogP contribution in [0.3, 0.4) is 0 Å². The minimum atomic E-state index is 0.158. The zero-order chi connectivity index (χ0) is 18.4. The molecule has 4 aromatic rings. The zero-order valence-electron chi connectivity index (χ0n) is 15.7. The van der Waals surface area contributed by atoms with Gasteiger partial charge < -0.3 is 4.57 Å². The molecule has 0 spiro atoms. The van der Waals surface area contributed by atoms with Crippen molar-refractivity contribution < 1.29 is 4.79 Å². The Morgan fingerprint density at radius 1 is 0.704 bits per heavy atom. The number of hydrogen-bond acceptors (Lipinski definition) is 1.